The molecule has 2 heterocycles. The fourth-order valence-electron chi connectivity index (χ4n) is 1.06. The van der Waals surface area contributed by atoms with Gasteiger partial charge in [0.25, 0.3) is 0 Å². The van der Waals surface area contributed by atoms with Gasteiger partial charge in [-0.1, -0.05) is 11.6 Å². The summed E-state index contributed by atoms with van der Waals surface area (Å²) in [5.74, 6) is 0. The van der Waals surface area contributed by atoms with Gasteiger partial charge in [-0.3, -0.25) is 4.79 Å². The topological polar surface area (TPSA) is 45.8 Å². The third kappa shape index (κ3) is 1.47. The monoisotopic (exact) mass is 258 g/mol. The Kier molecular flexibility index (Phi) is 2.09. The van der Waals surface area contributed by atoms with Crippen LogP contribution in [0.5, 0.6) is 0 Å². The largest absolute Gasteiger partial charge is 0.321 e. The molecule has 0 fully saturated rings. The normalized spacial score (nSPS) is 10.6. The van der Waals surface area contributed by atoms with Crippen LogP contribution in [0.1, 0.15) is 0 Å². The van der Waals surface area contributed by atoms with Crippen LogP contribution in [-0.4, -0.2) is 9.97 Å². The van der Waals surface area contributed by atoms with Crippen LogP contribution >= 0.6 is 27.5 Å². The SMILES string of the molecule is O=c1ccc2cnc(Cl)c(Br)c2[nH]1. The highest BCUT2D eigenvalue weighted by molar-refractivity contribution is 9.10. The molecule has 0 unspecified atom stereocenters. The summed E-state index contributed by atoms with van der Waals surface area (Å²) >= 11 is 9.01. The molecule has 5 heteroatoms. The number of aromatic nitrogens is 2. The molecular weight excluding hydrogens is 255 g/mol. The number of H-pyrrole nitrogens is 1. The standard InChI is InChI=1S/C8H4BrClN2O/c9-6-7-4(3-11-8(6)10)1-2-5(13)12-7/h1-3H,(H,12,13). The summed E-state index contributed by atoms with van der Waals surface area (Å²) < 4.78 is 0.615. The van der Waals surface area contributed by atoms with E-state index in [9.17, 15) is 4.79 Å². The second-order valence-electron chi connectivity index (χ2n) is 2.52. The van der Waals surface area contributed by atoms with Crippen LogP contribution in [0.4, 0.5) is 0 Å². The van der Waals surface area contributed by atoms with Gasteiger partial charge < -0.3 is 4.98 Å². The van der Waals surface area contributed by atoms with Crippen LogP contribution in [0, 0.1) is 0 Å². The molecule has 13 heavy (non-hydrogen) atoms. The first-order chi connectivity index (χ1) is 6.18. The first-order valence-corrected chi connectivity index (χ1v) is 4.68. The molecule has 0 aliphatic rings. The predicted octanol–water partition coefficient (Wildman–Crippen LogP) is 2.34. The van der Waals surface area contributed by atoms with E-state index in [2.05, 4.69) is 25.9 Å². The Morgan fingerprint density at radius 2 is 2.23 bits per heavy atom. The Balaban J connectivity index is 2.97. The van der Waals surface area contributed by atoms with E-state index in [1.165, 1.54) is 6.07 Å². The molecule has 0 saturated carbocycles. The number of hydrogen-bond donors (Lipinski definition) is 1. The van der Waals surface area contributed by atoms with E-state index in [-0.39, 0.29) is 5.56 Å². The van der Waals surface area contributed by atoms with Crippen LogP contribution in [0.15, 0.2) is 27.6 Å². The number of nitrogens with zero attached hydrogens (tertiary/aromatic N) is 1. The Labute approximate surface area is 86.9 Å². The second-order valence-corrected chi connectivity index (χ2v) is 3.67. The van der Waals surface area contributed by atoms with Crippen molar-refractivity contribution in [1.29, 1.82) is 0 Å². The lowest BCUT2D eigenvalue weighted by Gasteiger charge is -2.00. The molecule has 2 aromatic heterocycles. The quantitative estimate of drug-likeness (QED) is 0.738. The molecule has 0 aliphatic heterocycles. The summed E-state index contributed by atoms with van der Waals surface area (Å²) in [7, 11) is 0. The van der Waals surface area contributed by atoms with E-state index in [4.69, 9.17) is 11.6 Å². The molecule has 0 bridgehead atoms. The van der Waals surface area contributed by atoms with Gasteiger partial charge in [-0.05, 0) is 22.0 Å². The van der Waals surface area contributed by atoms with Crippen molar-refractivity contribution in [1.82, 2.24) is 9.97 Å². The zero-order valence-electron chi connectivity index (χ0n) is 6.34. The van der Waals surface area contributed by atoms with Crippen molar-refractivity contribution in [2.24, 2.45) is 0 Å². The molecule has 66 valence electrons. The molecule has 0 saturated heterocycles. The molecule has 2 aromatic rings. The van der Waals surface area contributed by atoms with Crippen molar-refractivity contribution in [3.05, 3.63) is 38.3 Å². The van der Waals surface area contributed by atoms with Crippen LogP contribution < -0.4 is 5.56 Å². The average Bonchev–Trinajstić information content (AvgIpc) is 2.12. The Morgan fingerprint density at radius 1 is 1.46 bits per heavy atom. The lowest BCUT2D eigenvalue weighted by atomic mass is 10.3. The first kappa shape index (κ1) is 8.72. The maximum atomic E-state index is 11.0. The van der Waals surface area contributed by atoms with E-state index in [0.717, 1.165) is 5.39 Å². The van der Waals surface area contributed by atoms with Crippen molar-refractivity contribution < 1.29 is 0 Å². The highest BCUT2D eigenvalue weighted by atomic mass is 79.9. The van der Waals surface area contributed by atoms with Gasteiger partial charge in [-0.2, -0.15) is 0 Å². The summed E-state index contributed by atoms with van der Waals surface area (Å²) in [6, 6.07) is 3.15. The lowest BCUT2D eigenvalue weighted by Crippen LogP contribution is -2.03. The average molecular weight is 259 g/mol. The van der Waals surface area contributed by atoms with Gasteiger partial charge in [0, 0.05) is 17.6 Å². The smallest absolute Gasteiger partial charge is 0.248 e. The third-order valence-electron chi connectivity index (χ3n) is 1.67. The van der Waals surface area contributed by atoms with Crippen molar-refractivity contribution in [2.45, 2.75) is 0 Å². The van der Waals surface area contributed by atoms with Crippen LogP contribution in [-0.2, 0) is 0 Å². The molecular formula is C8H4BrClN2O. The number of halogens is 2. The number of rotatable bonds is 0. The number of fused-ring (bicyclic) bond motifs is 1. The first-order valence-electron chi connectivity index (χ1n) is 3.51. The summed E-state index contributed by atoms with van der Waals surface area (Å²) in [4.78, 5) is 17.6. The maximum absolute atomic E-state index is 11.0. The highest BCUT2D eigenvalue weighted by Gasteiger charge is 2.04. The molecule has 0 aromatic carbocycles. The van der Waals surface area contributed by atoms with Gasteiger partial charge >= 0.3 is 0 Å². The van der Waals surface area contributed by atoms with Gasteiger partial charge in [-0.25, -0.2) is 4.98 Å². The predicted molar refractivity (Wildman–Crippen MR) is 55.1 cm³/mol. The van der Waals surface area contributed by atoms with Gasteiger partial charge in [-0.15, -0.1) is 0 Å². The zero-order chi connectivity index (χ0) is 9.42. The van der Waals surface area contributed by atoms with E-state index in [0.29, 0.717) is 15.1 Å². The summed E-state index contributed by atoms with van der Waals surface area (Å²) in [6.45, 7) is 0. The Bertz CT molecular complexity index is 523. The Morgan fingerprint density at radius 3 is 3.00 bits per heavy atom. The number of aromatic amines is 1. The second kappa shape index (κ2) is 3.12. The van der Waals surface area contributed by atoms with Crippen molar-refractivity contribution >= 4 is 38.4 Å². The minimum atomic E-state index is -0.157. The molecule has 0 atom stereocenters. The summed E-state index contributed by atoms with van der Waals surface area (Å²) in [5, 5.41) is 1.19. The van der Waals surface area contributed by atoms with Gasteiger partial charge in [0.2, 0.25) is 5.56 Å². The van der Waals surface area contributed by atoms with Crippen molar-refractivity contribution in [3.8, 4) is 0 Å². The van der Waals surface area contributed by atoms with E-state index in [1.807, 2.05) is 0 Å². The number of pyridine rings is 2. The van der Waals surface area contributed by atoms with Crippen LogP contribution in [0.25, 0.3) is 10.9 Å². The van der Waals surface area contributed by atoms with Gasteiger partial charge in [0.1, 0.15) is 5.15 Å². The maximum Gasteiger partial charge on any atom is 0.248 e. The van der Waals surface area contributed by atoms with E-state index < -0.39 is 0 Å². The Hall–Kier alpha value is -0.870. The zero-order valence-corrected chi connectivity index (χ0v) is 8.69. The van der Waals surface area contributed by atoms with Gasteiger partial charge in [0.15, 0.2) is 0 Å². The molecule has 0 radical (unpaired) electrons. The van der Waals surface area contributed by atoms with Gasteiger partial charge in [0.05, 0.1) is 9.99 Å². The van der Waals surface area contributed by atoms with Crippen LogP contribution in [0.3, 0.4) is 0 Å². The van der Waals surface area contributed by atoms with Crippen molar-refractivity contribution in [3.63, 3.8) is 0 Å². The minimum absolute atomic E-state index is 0.157. The lowest BCUT2D eigenvalue weighted by molar-refractivity contribution is 1.26. The molecule has 3 nitrogen and oxygen atoms in total. The molecule has 2 rings (SSSR count). The molecule has 0 aliphatic carbocycles. The van der Waals surface area contributed by atoms with E-state index in [1.54, 1.807) is 12.3 Å². The number of hydrogen-bond acceptors (Lipinski definition) is 2. The molecule has 0 amide bonds. The fraction of sp³-hybridized carbons (Fsp3) is 0. The number of nitrogens with one attached hydrogen (secondary N) is 1. The van der Waals surface area contributed by atoms with Crippen LogP contribution in [0.2, 0.25) is 5.15 Å². The minimum Gasteiger partial charge on any atom is -0.321 e. The summed E-state index contributed by atoms with van der Waals surface area (Å²) in [5.41, 5.74) is 0.517. The molecule has 1 N–H and O–H groups in total. The third-order valence-corrected chi connectivity index (χ3v) is 2.96. The van der Waals surface area contributed by atoms with E-state index >= 15 is 0 Å². The highest BCUT2D eigenvalue weighted by Crippen LogP contribution is 2.26. The van der Waals surface area contributed by atoms with Crippen molar-refractivity contribution in [2.75, 3.05) is 0 Å². The fourth-order valence-corrected chi connectivity index (χ4v) is 1.63. The molecule has 0 spiro atoms. The summed E-state index contributed by atoms with van der Waals surface area (Å²) in [6.07, 6.45) is 1.61.